The lowest BCUT2D eigenvalue weighted by Gasteiger charge is -2.32. The highest BCUT2D eigenvalue weighted by Gasteiger charge is 2.73. The van der Waals surface area contributed by atoms with E-state index in [1.54, 1.807) is 0 Å². The number of fused-ring (bicyclic) bond motifs is 5. The molecule has 1 amide bonds. The van der Waals surface area contributed by atoms with Crippen LogP contribution in [0.2, 0.25) is 0 Å². The molecule has 1 N–H and O–H groups in total. The normalized spacial score (nSPS) is 24.8. The van der Waals surface area contributed by atoms with Crippen LogP contribution in [0, 0.1) is 10.1 Å². The second kappa shape index (κ2) is 9.89. The van der Waals surface area contributed by atoms with E-state index in [1.165, 1.54) is 0 Å². The van der Waals surface area contributed by atoms with Crippen molar-refractivity contribution in [3.8, 4) is 11.5 Å². The fourth-order valence-electron chi connectivity index (χ4n) is 7.47. The molecule has 1 spiro atoms. The van der Waals surface area contributed by atoms with Crippen LogP contribution in [0.1, 0.15) is 42.4 Å². The van der Waals surface area contributed by atoms with Gasteiger partial charge in [-0.05, 0) is 59.9 Å². The molecule has 2 saturated heterocycles. The summed E-state index contributed by atoms with van der Waals surface area (Å²) in [4.78, 5) is 28.5. The van der Waals surface area contributed by atoms with Crippen LogP contribution in [0.4, 0.5) is 5.69 Å². The van der Waals surface area contributed by atoms with Crippen LogP contribution in [-0.2, 0) is 16.9 Å². The van der Waals surface area contributed by atoms with Crippen molar-refractivity contribution >= 4 is 22.4 Å². The number of carbonyl (C=O) groups excluding carboxylic acids is 1. The van der Waals surface area contributed by atoms with Gasteiger partial charge in [-0.1, -0.05) is 66.7 Å². The van der Waals surface area contributed by atoms with Crippen LogP contribution in [-0.4, -0.2) is 41.0 Å². The third kappa shape index (κ3) is 3.81. The Morgan fingerprint density at radius 3 is 2.66 bits per heavy atom. The van der Waals surface area contributed by atoms with E-state index >= 15 is 0 Å². The molecule has 4 aromatic rings. The lowest BCUT2D eigenvalue weighted by molar-refractivity contribution is -0.534. The highest BCUT2D eigenvalue weighted by atomic mass is 16.6. The molecule has 8 heteroatoms. The highest BCUT2D eigenvalue weighted by Crippen LogP contribution is 2.58. The Hall–Kier alpha value is -4.43. The smallest absolute Gasteiger partial charge is 0.256 e. The number of carbonyl (C=O) groups is 1. The first-order valence-electron chi connectivity index (χ1n) is 14.2. The van der Waals surface area contributed by atoms with Gasteiger partial charge in [-0.3, -0.25) is 19.8 Å². The van der Waals surface area contributed by atoms with E-state index in [0.717, 1.165) is 34.7 Å². The van der Waals surface area contributed by atoms with E-state index in [4.69, 9.17) is 9.47 Å². The first-order chi connectivity index (χ1) is 20.0. The lowest BCUT2D eigenvalue weighted by Crippen LogP contribution is -2.55. The van der Waals surface area contributed by atoms with Gasteiger partial charge in [-0.25, -0.2) is 0 Å². The molecule has 7 rings (SSSR count). The monoisotopic (exact) mass is 549 g/mol. The third-order valence-electron chi connectivity index (χ3n) is 9.01. The van der Waals surface area contributed by atoms with Crippen LogP contribution < -0.4 is 14.8 Å². The second-order valence-electron chi connectivity index (χ2n) is 11.0. The minimum Gasteiger partial charge on any atom is -0.490 e. The van der Waals surface area contributed by atoms with Crippen LogP contribution in [0.5, 0.6) is 11.5 Å². The topological polar surface area (TPSA) is 93.9 Å². The summed E-state index contributed by atoms with van der Waals surface area (Å²) >= 11 is 0. The van der Waals surface area contributed by atoms with Gasteiger partial charge >= 0.3 is 0 Å². The van der Waals surface area contributed by atoms with Gasteiger partial charge in [0, 0.05) is 28.8 Å². The van der Waals surface area contributed by atoms with Gasteiger partial charge in [0.2, 0.25) is 0 Å². The van der Waals surface area contributed by atoms with Gasteiger partial charge < -0.3 is 14.8 Å². The number of amides is 1. The van der Waals surface area contributed by atoms with Crippen molar-refractivity contribution in [2.75, 3.05) is 18.5 Å². The predicted molar refractivity (Wildman–Crippen MR) is 156 cm³/mol. The summed E-state index contributed by atoms with van der Waals surface area (Å²) in [5, 5.41) is 18.2. The first-order valence-corrected chi connectivity index (χ1v) is 14.2. The average molecular weight is 550 g/mol. The van der Waals surface area contributed by atoms with E-state index in [2.05, 4.69) is 34.5 Å². The zero-order chi connectivity index (χ0) is 28.1. The summed E-state index contributed by atoms with van der Waals surface area (Å²) in [6.45, 7) is 3.33. The van der Waals surface area contributed by atoms with Crippen molar-refractivity contribution in [2.45, 2.75) is 49.9 Å². The maximum Gasteiger partial charge on any atom is 0.256 e. The van der Waals surface area contributed by atoms with Crippen molar-refractivity contribution in [1.29, 1.82) is 0 Å². The maximum atomic E-state index is 13.7. The quantitative estimate of drug-likeness (QED) is 0.229. The summed E-state index contributed by atoms with van der Waals surface area (Å²) in [5.41, 5.74) is 1.86. The van der Waals surface area contributed by atoms with E-state index in [9.17, 15) is 14.9 Å². The summed E-state index contributed by atoms with van der Waals surface area (Å²) in [7, 11) is 0. The van der Waals surface area contributed by atoms with E-state index < -0.39 is 17.5 Å². The number of nitro groups is 1. The SMILES string of the molecule is CCOc1cc([C@H]2[C@H]([N+](=O)[O-])[C@@]3(C(=O)Nc4ccccc43)N3CCC[C@@H]23)ccc1OCc1cccc2ccccc12. The van der Waals surface area contributed by atoms with Gasteiger partial charge in [0.15, 0.2) is 17.0 Å². The minimum atomic E-state index is -1.35. The highest BCUT2D eigenvalue weighted by molar-refractivity contribution is 6.07. The fraction of sp³-hybridized carbons (Fsp3) is 0.303. The number of hydrogen-bond acceptors (Lipinski definition) is 6. The molecule has 0 aliphatic carbocycles. The molecule has 0 bridgehead atoms. The van der Waals surface area contributed by atoms with E-state index in [0.29, 0.717) is 42.5 Å². The van der Waals surface area contributed by atoms with Gasteiger partial charge in [-0.15, -0.1) is 0 Å². The number of benzene rings is 4. The number of rotatable bonds is 7. The van der Waals surface area contributed by atoms with Crippen molar-refractivity contribution < 1.29 is 19.2 Å². The Kier molecular flexibility index (Phi) is 6.16. The van der Waals surface area contributed by atoms with Gasteiger partial charge in [0.1, 0.15) is 6.61 Å². The molecular formula is C33H31N3O5. The molecule has 41 heavy (non-hydrogen) atoms. The summed E-state index contributed by atoms with van der Waals surface area (Å²) in [5.74, 6) is 0.334. The molecule has 4 atom stereocenters. The molecule has 4 aromatic carbocycles. The van der Waals surface area contributed by atoms with Gasteiger partial charge in [-0.2, -0.15) is 0 Å². The molecule has 208 valence electrons. The lowest BCUT2D eigenvalue weighted by atomic mass is 9.77. The number of nitrogens with one attached hydrogen (secondary N) is 1. The molecule has 3 heterocycles. The van der Waals surface area contributed by atoms with Gasteiger partial charge in [0.25, 0.3) is 11.9 Å². The largest absolute Gasteiger partial charge is 0.490 e. The number of anilines is 1. The molecule has 3 aliphatic heterocycles. The average Bonchev–Trinajstić information content (AvgIpc) is 3.65. The summed E-state index contributed by atoms with van der Waals surface area (Å²) in [6.07, 6.45) is 1.67. The Bertz CT molecular complexity index is 1670. The molecule has 0 unspecified atom stereocenters. The van der Waals surface area contributed by atoms with Crippen molar-refractivity contribution in [1.82, 2.24) is 4.90 Å². The zero-order valence-electron chi connectivity index (χ0n) is 22.8. The van der Waals surface area contributed by atoms with Crippen molar-refractivity contribution in [2.24, 2.45) is 0 Å². The standard InChI is InChI=1S/C33H31N3O5/c1-2-40-29-19-22(16-17-28(29)41-20-23-11-7-10-21-9-3-4-12-24(21)23)30-27-15-8-18-35(27)33(31(30)36(38)39)25-13-5-6-14-26(25)34-32(33)37/h3-7,9-14,16-17,19,27,30-31H,2,8,15,18,20H2,1H3,(H,34,37)/t27-,30+,31-,33-/m0/s1. The molecule has 3 aliphatic rings. The Labute approximate surface area is 238 Å². The first kappa shape index (κ1) is 25.5. The minimum absolute atomic E-state index is 0.140. The number of hydrogen-bond donors (Lipinski definition) is 1. The Balaban J connectivity index is 1.27. The van der Waals surface area contributed by atoms with Gasteiger partial charge in [0.05, 0.1) is 12.5 Å². The third-order valence-corrected chi connectivity index (χ3v) is 9.01. The molecule has 0 aromatic heterocycles. The maximum absolute atomic E-state index is 13.7. The summed E-state index contributed by atoms with van der Waals surface area (Å²) < 4.78 is 12.3. The zero-order valence-corrected chi connectivity index (χ0v) is 22.8. The Morgan fingerprint density at radius 1 is 1.00 bits per heavy atom. The molecule has 0 saturated carbocycles. The number of para-hydroxylation sites is 1. The molecule has 2 fully saturated rings. The number of nitrogens with zero attached hydrogens (tertiary/aromatic N) is 2. The predicted octanol–water partition coefficient (Wildman–Crippen LogP) is 5.87. The number of ether oxygens (including phenoxy) is 2. The summed E-state index contributed by atoms with van der Waals surface area (Å²) in [6, 6.07) is 26.1. The van der Waals surface area contributed by atoms with Crippen LogP contribution in [0.3, 0.4) is 0 Å². The fourth-order valence-corrected chi connectivity index (χ4v) is 7.47. The second-order valence-corrected chi connectivity index (χ2v) is 11.0. The van der Waals surface area contributed by atoms with Crippen LogP contribution in [0.15, 0.2) is 84.9 Å². The Morgan fingerprint density at radius 2 is 1.80 bits per heavy atom. The van der Waals surface area contributed by atoms with Crippen LogP contribution >= 0.6 is 0 Å². The molecule has 8 nitrogen and oxygen atoms in total. The molecular weight excluding hydrogens is 518 g/mol. The van der Waals surface area contributed by atoms with Crippen LogP contribution in [0.25, 0.3) is 10.8 Å². The van der Waals surface area contributed by atoms with Crippen molar-refractivity contribution in [3.63, 3.8) is 0 Å². The van der Waals surface area contributed by atoms with Crippen molar-refractivity contribution in [3.05, 3.63) is 112 Å². The van der Waals surface area contributed by atoms with E-state index in [-0.39, 0.29) is 16.9 Å². The molecule has 0 radical (unpaired) electrons. The van der Waals surface area contributed by atoms with E-state index in [1.807, 2.05) is 67.6 Å².